The predicted molar refractivity (Wildman–Crippen MR) is 220 cm³/mol. The molecule has 0 saturated carbocycles. The second-order valence-electron chi connectivity index (χ2n) is 13.8. The minimum Gasteiger partial charge on any atom is -0.456 e. The fourth-order valence-corrected chi connectivity index (χ4v) is 10.9. The van der Waals surface area contributed by atoms with Gasteiger partial charge in [-0.25, -0.2) is 26.3 Å². The number of hydrogen-bond acceptors (Lipinski definition) is 11. The molecule has 1 N–H and O–H groups in total. The summed E-state index contributed by atoms with van der Waals surface area (Å²) in [4.78, 5) is 25.2. The molecule has 14 nitrogen and oxygen atoms in total. The van der Waals surface area contributed by atoms with Crippen molar-refractivity contribution in [2.75, 3.05) is 36.0 Å². The highest BCUT2D eigenvalue weighted by Crippen LogP contribution is 2.51. The lowest BCUT2D eigenvalue weighted by molar-refractivity contribution is -0.245. The second kappa shape index (κ2) is 16.7. The van der Waals surface area contributed by atoms with Crippen LogP contribution in [-0.2, 0) is 39.8 Å². The molecule has 2 aliphatic heterocycles. The Morgan fingerprint density at radius 1 is 0.730 bits per heavy atom. The number of hydrogen-bond donors (Lipinski definition) is 1. The molecule has 2 heterocycles. The lowest BCUT2D eigenvalue weighted by Crippen LogP contribution is -2.63. The number of carbonyl (C=O) groups is 2. The van der Waals surface area contributed by atoms with Gasteiger partial charge in [0.25, 0.3) is 31.9 Å². The number of carbonyl (C=O) groups excluding carboxylic acids is 2. The largest absolute Gasteiger partial charge is 0.456 e. The molecule has 0 bridgehead atoms. The van der Waals surface area contributed by atoms with Crippen molar-refractivity contribution in [3.05, 3.63) is 102 Å². The van der Waals surface area contributed by atoms with Gasteiger partial charge in [-0.05, 0) is 76.2 Å². The van der Waals surface area contributed by atoms with Gasteiger partial charge in [-0.3, -0.25) is 9.59 Å². The number of alkyl halides is 6. The number of nitrogens with one attached hydrogen (secondary N) is 1. The average molecular weight is 944 g/mol. The summed E-state index contributed by atoms with van der Waals surface area (Å²) < 4.78 is 184. The summed E-state index contributed by atoms with van der Waals surface area (Å²) in [5.74, 6) is -10.2. The van der Waals surface area contributed by atoms with Gasteiger partial charge in [0, 0.05) is 65.1 Å². The standard InChI is InChI=1S/C40H37F6N4O10S3/c1-5-48(6-2)26-15-19-29-32(23-26)59-33-24-27(49(7-3)8-4)16-20-30(33)37(29)31-11-9-10-12-34(31)61(53,54)47-62(55,56)39(43,44)38(41,42)40(45,46)63(57,58)60-28-17-13-25(14-18-28)50-35(51)21-22-36(50)52/h9-24,47H,5-8H2,1-4H3/q+1. The van der Waals surface area contributed by atoms with Crippen molar-refractivity contribution in [2.24, 2.45) is 0 Å². The van der Waals surface area contributed by atoms with Gasteiger partial charge in [-0.2, -0.15) is 34.8 Å². The lowest BCUT2D eigenvalue weighted by Gasteiger charge is -2.31. The Balaban J connectivity index is 1.40. The van der Waals surface area contributed by atoms with E-state index in [4.69, 9.17) is 4.42 Å². The fourth-order valence-electron chi connectivity index (χ4n) is 6.86. The maximum atomic E-state index is 15.5. The number of rotatable bonds is 16. The molecule has 1 aliphatic carbocycles. The smallest absolute Gasteiger partial charge is 0.450 e. The Labute approximate surface area is 357 Å². The van der Waals surface area contributed by atoms with Gasteiger partial charge in [-0.15, -0.1) is 0 Å². The number of benzene rings is 4. The summed E-state index contributed by atoms with van der Waals surface area (Å²) in [6.07, 6.45) is 1.72. The van der Waals surface area contributed by atoms with Crippen LogP contribution in [0.15, 0.2) is 106 Å². The van der Waals surface area contributed by atoms with E-state index in [-0.39, 0.29) is 39.1 Å². The zero-order chi connectivity index (χ0) is 46.5. The quantitative estimate of drug-likeness (QED) is 0.0396. The molecule has 0 atom stereocenters. The van der Waals surface area contributed by atoms with E-state index >= 15 is 26.3 Å². The third-order valence-electron chi connectivity index (χ3n) is 10.1. The molecule has 0 unspecified atom stereocenters. The highest BCUT2D eigenvalue weighted by atomic mass is 32.3. The third kappa shape index (κ3) is 8.06. The first kappa shape index (κ1) is 46.7. The number of nitrogens with zero attached hydrogens (tertiary/aromatic N) is 3. The number of sulfonamides is 2. The number of anilines is 2. The van der Waals surface area contributed by atoms with Crippen LogP contribution in [0, 0.1) is 0 Å². The fraction of sp³-hybridized carbons (Fsp3) is 0.275. The lowest BCUT2D eigenvalue weighted by atomic mass is 9.93. The summed E-state index contributed by atoms with van der Waals surface area (Å²) in [6.45, 7) is 9.99. The van der Waals surface area contributed by atoms with Crippen molar-refractivity contribution >= 4 is 64.3 Å². The van der Waals surface area contributed by atoms with Crippen LogP contribution in [0.4, 0.5) is 37.7 Å². The van der Waals surface area contributed by atoms with Gasteiger partial charge in [0.05, 0.1) is 16.6 Å². The van der Waals surface area contributed by atoms with Crippen LogP contribution in [0.2, 0.25) is 0 Å². The molecule has 0 spiro atoms. The first-order valence-corrected chi connectivity index (χ1v) is 23.2. The van der Waals surface area contributed by atoms with E-state index in [1.807, 2.05) is 37.2 Å². The molecule has 6 rings (SSSR count). The van der Waals surface area contributed by atoms with E-state index in [2.05, 4.69) is 4.18 Å². The summed E-state index contributed by atoms with van der Waals surface area (Å²) in [6, 6.07) is 16.7. The Morgan fingerprint density at radius 2 is 1.33 bits per heavy atom. The van der Waals surface area contributed by atoms with E-state index in [1.54, 1.807) is 36.4 Å². The number of imide groups is 1. The van der Waals surface area contributed by atoms with Gasteiger partial charge in [-0.1, -0.05) is 22.3 Å². The number of amides is 2. The topological polar surface area (TPSA) is 180 Å². The zero-order valence-corrected chi connectivity index (χ0v) is 35.9. The van der Waals surface area contributed by atoms with E-state index in [0.29, 0.717) is 58.4 Å². The summed E-state index contributed by atoms with van der Waals surface area (Å²) in [7, 11) is -20.7. The first-order valence-electron chi connectivity index (χ1n) is 18.8. The molecule has 3 aromatic carbocycles. The molecule has 23 heteroatoms. The molecule has 0 aromatic heterocycles. The van der Waals surface area contributed by atoms with Crippen LogP contribution < -0.4 is 28.0 Å². The Hall–Kier alpha value is -5.78. The van der Waals surface area contributed by atoms with Crippen molar-refractivity contribution in [2.45, 2.75) is 49.0 Å². The second-order valence-corrected chi connectivity index (χ2v) is 19.0. The van der Waals surface area contributed by atoms with E-state index in [9.17, 15) is 34.8 Å². The minimum atomic E-state index is -7.52. The Morgan fingerprint density at radius 3 is 1.92 bits per heavy atom. The molecule has 336 valence electrons. The Kier molecular flexibility index (Phi) is 12.4. The van der Waals surface area contributed by atoms with Crippen molar-refractivity contribution in [3.63, 3.8) is 0 Å². The highest BCUT2D eigenvalue weighted by Gasteiger charge is 2.83. The van der Waals surface area contributed by atoms with Crippen LogP contribution >= 0.6 is 0 Å². The molecule has 2 amide bonds. The van der Waals surface area contributed by atoms with E-state index < -0.39 is 69.1 Å². The van der Waals surface area contributed by atoms with Crippen molar-refractivity contribution < 1.29 is 69.8 Å². The third-order valence-corrected chi connectivity index (χ3v) is 15.0. The summed E-state index contributed by atoms with van der Waals surface area (Å²) in [5, 5.41) is -13.3. The molecule has 0 saturated heterocycles. The van der Waals surface area contributed by atoms with E-state index in [1.165, 1.54) is 12.1 Å². The maximum Gasteiger partial charge on any atom is 0.450 e. The number of fused-ring (bicyclic) bond motifs is 2. The minimum absolute atomic E-state index is 0.0667. The van der Waals surface area contributed by atoms with Crippen molar-refractivity contribution in [1.82, 2.24) is 8.70 Å². The van der Waals surface area contributed by atoms with Gasteiger partial charge in [0.15, 0.2) is 0 Å². The van der Waals surface area contributed by atoms with Crippen molar-refractivity contribution in [1.29, 1.82) is 0 Å². The zero-order valence-electron chi connectivity index (χ0n) is 33.5. The normalized spacial score (nSPS) is 14.2. The highest BCUT2D eigenvalue weighted by molar-refractivity contribution is 8.05. The van der Waals surface area contributed by atoms with Gasteiger partial charge in [0.1, 0.15) is 30.2 Å². The summed E-state index contributed by atoms with van der Waals surface area (Å²) in [5.41, 5.74) is 0.595. The molecule has 0 radical (unpaired) electrons. The summed E-state index contributed by atoms with van der Waals surface area (Å²) >= 11 is 0. The average Bonchev–Trinajstić information content (AvgIpc) is 3.57. The molecule has 0 fully saturated rings. The molecule has 3 aliphatic rings. The first-order chi connectivity index (χ1) is 29.4. The van der Waals surface area contributed by atoms with Gasteiger partial charge < -0.3 is 13.5 Å². The predicted octanol–water partition coefficient (Wildman–Crippen LogP) is 6.13. The Bertz CT molecular complexity index is 3020. The van der Waals surface area contributed by atoms with Crippen LogP contribution in [0.25, 0.3) is 33.4 Å². The van der Waals surface area contributed by atoms with Crippen LogP contribution in [0.5, 0.6) is 5.75 Å². The number of halogens is 6. The van der Waals surface area contributed by atoms with Crippen molar-refractivity contribution in [3.8, 4) is 28.2 Å². The molecule has 63 heavy (non-hydrogen) atoms. The molecule has 3 aromatic rings. The SMILES string of the molecule is CCN(CC)c1ccc2c(-c3ccccc3S(=O)(=O)NS(=O)(=O)C(F)(F)C(F)(F)C(F)(F)S(=O)(=O)Oc3ccc(N4C(=O)C=CC4=O)cc3)c3ccc(=[N+](CC)CC)cc-3oc2c1. The molecular formula is C40H37F6N4O10S3+. The van der Waals surface area contributed by atoms with Gasteiger partial charge >= 0.3 is 26.5 Å². The van der Waals surface area contributed by atoms with Gasteiger partial charge in [0.2, 0.25) is 5.36 Å². The van der Waals surface area contributed by atoms with Crippen LogP contribution in [-0.4, -0.2) is 79.7 Å². The van der Waals surface area contributed by atoms with Crippen LogP contribution in [0.3, 0.4) is 0 Å². The monoisotopic (exact) mass is 943 g/mol. The van der Waals surface area contributed by atoms with Crippen LogP contribution in [0.1, 0.15) is 27.7 Å². The maximum absolute atomic E-state index is 15.5. The molecular weight excluding hydrogens is 907 g/mol. The van der Waals surface area contributed by atoms with E-state index in [0.717, 1.165) is 36.4 Å².